The van der Waals surface area contributed by atoms with Crippen molar-refractivity contribution in [1.29, 1.82) is 0 Å². The van der Waals surface area contributed by atoms with Gasteiger partial charge in [0.2, 0.25) is 5.91 Å². The molecular weight excluding hydrogens is 298 g/mol. The minimum absolute atomic E-state index is 0.0403. The molecule has 0 saturated carbocycles. The average Bonchev–Trinajstić information content (AvgIpc) is 2.38. The summed E-state index contributed by atoms with van der Waals surface area (Å²) in [5.41, 5.74) is 6.03. The number of rotatable bonds is 3. The zero-order valence-corrected chi connectivity index (χ0v) is 12.6. The molecular formula is C13H16ClN3O2S. The van der Waals surface area contributed by atoms with Crippen LogP contribution in [0, 0.1) is 0 Å². The van der Waals surface area contributed by atoms with E-state index < -0.39 is 18.0 Å². The molecule has 1 aliphatic heterocycles. The third kappa shape index (κ3) is 3.65. The third-order valence-corrected chi connectivity index (χ3v) is 4.46. The largest absolute Gasteiger partial charge is 0.351 e. The van der Waals surface area contributed by atoms with Crippen molar-refractivity contribution in [2.45, 2.75) is 30.3 Å². The number of amides is 3. The summed E-state index contributed by atoms with van der Waals surface area (Å²) in [6.45, 7) is 1.70. The number of nitrogens with one attached hydrogen (secondary N) is 2. The lowest BCUT2D eigenvalue weighted by molar-refractivity contribution is -0.121. The van der Waals surface area contributed by atoms with Gasteiger partial charge in [0, 0.05) is 16.0 Å². The van der Waals surface area contributed by atoms with Crippen molar-refractivity contribution in [3.05, 3.63) is 28.8 Å². The highest BCUT2D eigenvalue weighted by molar-refractivity contribution is 7.99. The van der Waals surface area contributed by atoms with E-state index in [4.69, 9.17) is 17.3 Å². The fourth-order valence-corrected chi connectivity index (χ4v) is 3.43. The van der Waals surface area contributed by atoms with Crippen molar-refractivity contribution in [3.63, 3.8) is 0 Å². The highest BCUT2D eigenvalue weighted by Gasteiger charge is 2.25. The second-order valence-electron chi connectivity index (χ2n) is 4.61. The molecule has 7 heteroatoms. The molecule has 2 atom stereocenters. The Morgan fingerprint density at radius 3 is 2.95 bits per heavy atom. The zero-order valence-electron chi connectivity index (χ0n) is 11.0. The van der Waals surface area contributed by atoms with Gasteiger partial charge in [-0.25, -0.2) is 4.79 Å². The van der Waals surface area contributed by atoms with Gasteiger partial charge in [-0.05, 0) is 42.9 Å². The predicted octanol–water partition coefficient (Wildman–Crippen LogP) is 2.05. The lowest BCUT2D eigenvalue weighted by Crippen LogP contribution is -2.47. The fourth-order valence-electron chi connectivity index (χ4n) is 2.15. The first kappa shape index (κ1) is 15.2. The molecule has 5 nitrogen and oxygen atoms in total. The maximum Gasteiger partial charge on any atom is 0.318 e. The number of primary amides is 1. The molecule has 0 aromatic heterocycles. The number of imide groups is 1. The monoisotopic (exact) mass is 313 g/mol. The third-order valence-electron chi connectivity index (χ3n) is 3.10. The second kappa shape index (κ2) is 6.47. The van der Waals surface area contributed by atoms with Gasteiger partial charge in [-0.2, -0.15) is 0 Å². The molecule has 0 bridgehead atoms. The van der Waals surface area contributed by atoms with Gasteiger partial charge in [0.15, 0.2) is 0 Å². The standard InChI is InChI=1S/C13H16ClN3O2S/c1-7(12(18)17-13(15)19)16-10-4-5-20-11-3-2-8(14)6-9(10)11/h2-3,6-7,10,16H,4-5H2,1H3,(H3,15,17,18,19). The van der Waals surface area contributed by atoms with E-state index in [0.717, 1.165) is 17.7 Å². The number of hydrogen-bond donors (Lipinski definition) is 3. The Morgan fingerprint density at radius 1 is 1.50 bits per heavy atom. The van der Waals surface area contributed by atoms with Crippen LogP contribution in [0.25, 0.3) is 0 Å². The summed E-state index contributed by atoms with van der Waals surface area (Å²) in [5.74, 6) is 0.538. The maximum atomic E-state index is 11.7. The van der Waals surface area contributed by atoms with E-state index in [-0.39, 0.29) is 6.04 Å². The molecule has 20 heavy (non-hydrogen) atoms. The van der Waals surface area contributed by atoms with Crippen molar-refractivity contribution >= 4 is 35.3 Å². The van der Waals surface area contributed by atoms with Crippen molar-refractivity contribution in [1.82, 2.24) is 10.6 Å². The number of fused-ring (bicyclic) bond motifs is 1. The normalized spacial score (nSPS) is 19.0. The van der Waals surface area contributed by atoms with Gasteiger partial charge in [-0.15, -0.1) is 11.8 Å². The fraction of sp³-hybridized carbons (Fsp3) is 0.385. The van der Waals surface area contributed by atoms with Gasteiger partial charge in [0.05, 0.1) is 6.04 Å². The van der Waals surface area contributed by atoms with Gasteiger partial charge < -0.3 is 5.73 Å². The summed E-state index contributed by atoms with van der Waals surface area (Å²) < 4.78 is 0. The van der Waals surface area contributed by atoms with E-state index in [1.807, 2.05) is 18.2 Å². The molecule has 108 valence electrons. The highest BCUT2D eigenvalue weighted by Crippen LogP contribution is 2.37. The van der Waals surface area contributed by atoms with Gasteiger partial charge in [-0.1, -0.05) is 11.6 Å². The minimum Gasteiger partial charge on any atom is -0.351 e. The number of carbonyl (C=O) groups is 2. The smallest absolute Gasteiger partial charge is 0.318 e. The summed E-state index contributed by atoms with van der Waals surface area (Å²) in [5, 5.41) is 5.96. The van der Waals surface area contributed by atoms with Crippen molar-refractivity contribution in [2.24, 2.45) is 5.73 Å². The number of thioether (sulfide) groups is 1. The summed E-state index contributed by atoms with van der Waals surface area (Å²) >= 11 is 7.81. The number of urea groups is 1. The Labute approximate surface area is 126 Å². The molecule has 0 saturated heterocycles. The van der Waals surface area contributed by atoms with E-state index in [0.29, 0.717) is 5.02 Å². The highest BCUT2D eigenvalue weighted by atomic mass is 35.5. The number of benzene rings is 1. The molecule has 1 aromatic carbocycles. The van der Waals surface area contributed by atoms with Crippen molar-refractivity contribution in [2.75, 3.05) is 5.75 Å². The summed E-state index contributed by atoms with van der Waals surface area (Å²) in [6, 6.07) is 4.45. The van der Waals surface area contributed by atoms with Crippen LogP contribution >= 0.6 is 23.4 Å². The molecule has 1 heterocycles. The average molecular weight is 314 g/mol. The van der Waals surface area contributed by atoms with Crippen LogP contribution < -0.4 is 16.4 Å². The topological polar surface area (TPSA) is 84.2 Å². The lowest BCUT2D eigenvalue weighted by atomic mass is 10.0. The van der Waals surface area contributed by atoms with Gasteiger partial charge >= 0.3 is 6.03 Å². The Balaban J connectivity index is 2.10. The molecule has 1 aromatic rings. The van der Waals surface area contributed by atoms with E-state index in [1.54, 1.807) is 18.7 Å². The minimum atomic E-state index is -0.841. The molecule has 0 fully saturated rings. The van der Waals surface area contributed by atoms with Crippen LogP contribution in [0.5, 0.6) is 0 Å². The summed E-state index contributed by atoms with van der Waals surface area (Å²) in [6.07, 6.45) is 0.895. The van der Waals surface area contributed by atoms with Crippen LogP contribution in [-0.4, -0.2) is 23.7 Å². The molecule has 0 radical (unpaired) electrons. The van der Waals surface area contributed by atoms with Crippen LogP contribution in [0.3, 0.4) is 0 Å². The van der Waals surface area contributed by atoms with E-state index >= 15 is 0 Å². The predicted molar refractivity (Wildman–Crippen MR) is 79.9 cm³/mol. The first-order valence-electron chi connectivity index (χ1n) is 6.26. The van der Waals surface area contributed by atoms with Crippen LogP contribution in [0.4, 0.5) is 4.79 Å². The molecule has 3 amide bonds. The van der Waals surface area contributed by atoms with Crippen LogP contribution in [0.2, 0.25) is 5.02 Å². The van der Waals surface area contributed by atoms with E-state index in [9.17, 15) is 9.59 Å². The summed E-state index contributed by atoms with van der Waals surface area (Å²) in [7, 11) is 0. The number of halogens is 1. The van der Waals surface area contributed by atoms with Gasteiger partial charge in [0.25, 0.3) is 0 Å². The van der Waals surface area contributed by atoms with Crippen LogP contribution in [-0.2, 0) is 4.79 Å². The zero-order chi connectivity index (χ0) is 14.7. The number of carbonyl (C=O) groups excluding carboxylic acids is 2. The molecule has 2 unspecified atom stereocenters. The Morgan fingerprint density at radius 2 is 2.25 bits per heavy atom. The van der Waals surface area contributed by atoms with Crippen LogP contribution in [0.15, 0.2) is 23.1 Å². The Kier molecular flexibility index (Phi) is 4.91. The lowest BCUT2D eigenvalue weighted by Gasteiger charge is -2.28. The number of hydrogen-bond acceptors (Lipinski definition) is 4. The molecule has 2 rings (SSSR count). The first-order chi connectivity index (χ1) is 9.47. The number of nitrogens with two attached hydrogens (primary N) is 1. The van der Waals surface area contributed by atoms with Crippen molar-refractivity contribution in [3.8, 4) is 0 Å². The van der Waals surface area contributed by atoms with E-state index in [2.05, 4.69) is 10.6 Å². The SMILES string of the molecule is CC(NC1CCSc2ccc(Cl)cc21)C(=O)NC(N)=O. The first-order valence-corrected chi connectivity index (χ1v) is 7.62. The molecule has 0 aliphatic carbocycles. The Hall–Kier alpha value is -1.24. The quantitative estimate of drug-likeness (QED) is 0.797. The molecule has 4 N–H and O–H groups in total. The Bertz CT molecular complexity index is 538. The van der Waals surface area contributed by atoms with Gasteiger partial charge in [0.1, 0.15) is 0 Å². The second-order valence-corrected chi connectivity index (χ2v) is 6.19. The molecule has 1 aliphatic rings. The van der Waals surface area contributed by atoms with E-state index in [1.165, 1.54) is 4.90 Å². The molecule has 0 spiro atoms. The van der Waals surface area contributed by atoms with Crippen LogP contribution in [0.1, 0.15) is 24.9 Å². The summed E-state index contributed by atoms with van der Waals surface area (Å²) in [4.78, 5) is 23.6. The maximum absolute atomic E-state index is 11.7. The van der Waals surface area contributed by atoms with Crippen molar-refractivity contribution < 1.29 is 9.59 Å². The van der Waals surface area contributed by atoms with Gasteiger partial charge in [-0.3, -0.25) is 15.4 Å².